The number of methoxy groups -OCH3 is 1. The summed E-state index contributed by atoms with van der Waals surface area (Å²) in [6, 6.07) is 15.3. The maximum Gasteiger partial charge on any atom is 0.123 e. The second-order valence-electron chi connectivity index (χ2n) is 8.00. The van der Waals surface area contributed by atoms with Crippen LogP contribution >= 0.6 is 0 Å². The predicted octanol–water partition coefficient (Wildman–Crippen LogP) is 3.84. The molecule has 2 aromatic rings. The molecule has 0 aromatic heterocycles. The van der Waals surface area contributed by atoms with Gasteiger partial charge in [0.15, 0.2) is 0 Å². The van der Waals surface area contributed by atoms with Gasteiger partial charge in [0.05, 0.1) is 13.7 Å². The summed E-state index contributed by atoms with van der Waals surface area (Å²) in [7, 11) is 3.95. The predicted molar refractivity (Wildman–Crippen MR) is 108 cm³/mol. The van der Waals surface area contributed by atoms with Gasteiger partial charge in [-0.15, -0.1) is 0 Å². The molecule has 0 radical (unpaired) electrons. The number of hydrogen-bond acceptors (Lipinski definition) is 4. The van der Waals surface area contributed by atoms with Crippen LogP contribution in [0.5, 0.6) is 11.5 Å². The Morgan fingerprint density at radius 1 is 0.964 bits per heavy atom. The number of nitrogens with zero attached hydrogens (tertiary/aromatic N) is 2. The van der Waals surface area contributed by atoms with E-state index in [-0.39, 0.29) is 5.82 Å². The average molecular weight is 384 g/mol. The highest BCUT2D eigenvalue weighted by Gasteiger charge is 2.45. The van der Waals surface area contributed by atoms with Crippen LogP contribution in [0.25, 0.3) is 0 Å². The number of rotatable bonds is 7. The maximum atomic E-state index is 12.9. The highest BCUT2D eigenvalue weighted by atomic mass is 19.1. The van der Waals surface area contributed by atoms with Gasteiger partial charge in [-0.1, -0.05) is 12.1 Å². The monoisotopic (exact) mass is 384 g/mol. The molecule has 0 unspecified atom stereocenters. The van der Waals surface area contributed by atoms with Crippen molar-refractivity contribution >= 4 is 0 Å². The zero-order chi connectivity index (χ0) is 19.5. The maximum absolute atomic E-state index is 12.9. The second-order valence-corrected chi connectivity index (χ2v) is 8.00. The summed E-state index contributed by atoms with van der Waals surface area (Å²) in [6.07, 6.45) is 0.986. The molecule has 28 heavy (non-hydrogen) atoms. The number of fused-ring (bicyclic) bond motifs is 1. The van der Waals surface area contributed by atoms with E-state index in [0.717, 1.165) is 50.0 Å². The Balaban J connectivity index is 1.28. The van der Waals surface area contributed by atoms with E-state index in [2.05, 4.69) is 41.1 Å². The van der Waals surface area contributed by atoms with Crippen LogP contribution in [-0.2, 0) is 0 Å². The molecule has 0 saturated carbocycles. The van der Waals surface area contributed by atoms with E-state index in [4.69, 9.17) is 9.47 Å². The number of ether oxygens (including phenoxy) is 2. The third kappa shape index (κ3) is 4.15. The fourth-order valence-corrected chi connectivity index (χ4v) is 4.84. The molecule has 150 valence electrons. The highest BCUT2D eigenvalue weighted by Crippen LogP contribution is 2.44. The fourth-order valence-electron chi connectivity index (χ4n) is 4.84. The normalized spacial score (nSPS) is 25.0. The summed E-state index contributed by atoms with van der Waals surface area (Å²) in [5, 5.41) is 0. The molecule has 5 heteroatoms. The van der Waals surface area contributed by atoms with E-state index in [0.29, 0.717) is 18.6 Å². The quantitative estimate of drug-likeness (QED) is 0.677. The topological polar surface area (TPSA) is 24.9 Å². The van der Waals surface area contributed by atoms with Crippen molar-refractivity contribution in [1.29, 1.82) is 0 Å². The molecule has 2 aliphatic heterocycles. The van der Waals surface area contributed by atoms with Gasteiger partial charge in [0.2, 0.25) is 0 Å². The van der Waals surface area contributed by atoms with Gasteiger partial charge in [-0.05, 0) is 67.3 Å². The van der Waals surface area contributed by atoms with Crippen molar-refractivity contribution in [2.24, 2.45) is 11.8 Å². The van der Waals surface area contributed by atoms with Gasteiger partial charge >= 0.3 is 0 Å². The first-order valence-corrected chi connectivity index (χ1v) is 10.1. The van der Waals surface area contributed by atoms with Crippen molar-refractivity contribution in [2.75, 3.05) is 46.9 Å². The van der Waals surface area contributed by atoms with Crippen LogP contribution in [0.1, 0.15) is 18.0 Å². The Morgan fingerprint density at radius 3 is 2.39 bits per heavy atom. The molecular formula is C23H29FN2O2. The van der Waals surface area contributed by atoms with Crippen LogP contribution in [-0.4, -0.2) is 56.7 Å². The lowest BCUT2D eigenvalue weighted by Crippen LogP contribution is -2.30. The summed E-state index contributed by atoms with van der Waals surface area (Å²) < 4.78 is 24.0. The molecule has 4 nitrogen and oxygen atoms in total. The molecular weight excluding hydrogens is 355 g/mol. The smallest absolute Gasteiger partial charge is 0.123 e. The molecule has 0 amide bonds. The van der Waals surface area contributed by atoms with Crippen LogP contribution in [0.4, 0.5) is 4.39 Å². The Kier molecular flexibility index (Phi) is 5.83. The van der Waals surface area contributed by atoms with Crippen molar-refractivity contribution in [3.05, 3.63) is 59.9 Å². The molecule has 2 heterocycles. The number of halogens is 1. The minimum Gasteiger partial charge on any atom is -0.497 e. The third-order valence-electron chi connectivity index (χ3n) is 6.13. The van der Waals surface area contributed by atoms with Gasteiger partial charge < -0.3 is 14.4 Å². The number of hydrogen-bond donors (Lipinski definition) is 0. The van der Waals surface area contributed by atoms with E-state index in [1.165, 1.54) is 17.7 Å². The largest absolute Gasteiger partial charge is 0.497 e. The van der Waals surface area contributed by atoms with E-state index >= 15 is 0 Å². The Hall–Kier alpha value is -2.11. The molecule has 3 atom stereocenters. The van der Waals surface area contributed by atoms with Crippen LogP contribution in [0.15, 0.2) is 48.5 Å². The third-order valence-corrected chi connectivity index (χ3v) is 6.13. The first kappa shape index (κ1) is 19.2. The van der Waals surface area contributed by atoms with Crippen molar-refractivity contribution < 1.29 is 13.9 Å². The zero-order valence-electron chi connectivity index (χ0n) is 16.7. The molecule has 2 aliphatic rings. The van der Waals surface area contributed by atoms with Crippen LogP contribution < -0.4 is 9.47 Å². The van der Waals surface area contributed by atoms with Gasteiger partial charge in [-0.25, -0.2) is 4.39 Å². The molecule has 2 saturated heterocycles. The minimum absolute atomic E-state index is 0.229. The van der Waals surface area contributed by atoms with E-state index in [1.807, 2.05) is 0 Å². The lowest BCUT2D eigenvalue weighted by atomic mass is 9.89. The fraction of sp³-hybridized carbons (Fsp3) is 0.478. The molecule has 0 bridgehead atoms. The van der Waals surface area contributed by atoms with E-state index in [9.17, 15) is 4.39 Å². The van der Waals surface area contributed by atoms with Gasteiger partial charge in [0.25, 0.3) is 0 Å². The molecule has 0 aliphatic carbocycles. The average Bonchev–Trinajstić information content (AvgIpc) is 3.22. The van der Waals surface area contributed by atoms with Crippen molar-refractivity contribution in [3.63, 3.8) is 0 Å². The zero-order valence-corrected chi connectivity index (χ0v) is 16.7. The number of benzene rings is 2. The van der Waals surface area contributed by atoms with E-state index in [1.54, 1.807) is 19.2 Å². The standard InChI is InChI=1S/C23H29FN2O2/c1-25-14-18-15-26(12-3-13-28-21-10-6-19(24)7-11-21)16-22(18)23(25)17-4-8-20(27-2)9-5-17/h4-11,18,22-23H,3,12-16H2,1-2H3/t18-,22+,23-/m0/s1. The second kappa shape index (κ2) is 8.50. The lowest BCUT2D eigenvalue weighted by Gasteiger charge is -2.27. The number of likely N-dealkylation sites (tertiary alicyclic amines) is 2. The van der Waals surface area contributed by atoms with Crippen molar-refractivity contribution in [1.82, 2.24) is 9.80 Å². The van der Waals surface area contributed by atoms with Crippen molar-refractivity contribution in [2.45, 2.75) is 12.5 Å². The molecule has 4 rings (SSSR count). The van der Waals surface area contributed by atoms with Crippen LogP contribution in [0.2, 0.25) is 0 Å². The lowest BCUT2D eigenvalue weighted by molar-refractivity contribution is 0.214. The summed E-state index contributed by atoms with van der Waals surface area (Å²) in [5.41, 5.74) is 1.39. The molecule has 0 N–H and O–H groups in total. The summed E-state index contributed by atoms with van der Waals surface area (Å²) in [5.74, 6) is 2.83. The SMILES string of the molecule is COc1ccc([C@H]2[C@@H]3CN(CCCOc4ccc(F)cc4)C[C@@H]3CN2C)cc1. The minimum atomic E-state index is -0.229. The first-order valence-electron chi connectivity index (χ1n) is 10.1. The Morgan fingerprint density at radius 2 is 1.68 bits per heavy atom. The van der Waals surface area contributed by atoms with Gasteiger partial charge in [0, 0.05) is 32.2 Å². The van der Waals surface area contributed by atoms with Gasteiger partial charge in [-0.3, -0.25) is 4.90 Å². The summed E-state index contributed by atoms with van der Waals surface area (Å²) in [4.78, 5) is 5.08. The first-order chi connectivity index (χ1) is 13.6. The van der Waals surface area contributed by atoms with Gasteiger partial charge in [0.1, 0.15) is 17.3 Å². The summed E-state index contributed by atoms with van der Waals surface area (Å²) in [6.45, 7) is 5.18. The Labute approximate surface area is 166 Å². The van der Waals surface area contributed by atoms with Crippen LogP contribution in [0.3, 0.4) is 0 Å². The van der Waals surface area contributed by atoms with E-state index < -0.39 is 0 Å². The molecule has 2 aromatic carbocycles. The van der Waals surface area contributed by atoms with Gasteiger partial charge in [-0.2, -0.15) is 0 Å². The molecule has 0 spiro atoms. The molecule has 2 fully saturated rings. The summed E-state index contributed by atoms with van der Waals surface area (Å²) >= 11 is 0. The Bertz CT molecular complexity index is 765. The van der Waals surface area contributed by atoms with Crippen molar-refractivity contribution in [3.8, 4) is 11.5 Å². The highest BCUT2D eigenvalue weighted by molar-refractivity contribution is 5.30. The van der Waals surface area contributed by atoms with Crippen LogP contribution in [0, 0.1) is 17.7 Å².